The van der Waals surface area contributed by atoms with Crippen LogP contribution in [-0.4, -0.2) is 53.3 Å². The Balaban J connectivity index is 1.59. The third kappa shape index (κ3) is 3.08. The minimum atomic E-state index is -0.972. The van der Waals surface area contributed by atoms with Crippen molar-refractivity contribution in [1.82, 2.24) is 0 Å². The predicted octanol–water partition coefficient (Wildman–Crippen LogP) is 1.73. The SMILES string of the molecule is CC1(C)O[C@@H]2[C@@H](O1)[C@@H](C(=O)Nc1ccccc1O)O[C@H]1OC(C)(C)O[C@@H]12. The molecule has 4 rings (SSSR count). The number of fused-ring (bicyclic) bond motifs is 3. The number of para-hydroxylation sites is 2. The fourth-order valence-electron chi connectivity index (χ4n) is 3.61. The van der Waals surface area contributed by atoms with Crippen LogP contribution in [0.4, 0.5) is 5.69 Å². The van der Waals surface area contributed by atoms with E-state index in [-0.39, 0.29) is 5.75 Å². The molecule has 0 bridgehead atoms. The van der Waals surface area contributed by atoms with Crippen LogP contribution in [0.2, 0.25) is 0 Å². The molecule has 3 aliphatic heterocycles. The lowest BCUT2D eigenvalue weighted by Gasteiger charge is -2.36. The first-order valence-corrected chi connectivity index (χ1v) is 8.61. The fourth-order valence-corrected chi connectivity index (χ4v) is 3.61. The molecule has 1 aromatic rings. The number of amides is 1. The molecular weight excluding hydrogens is 342 g/mol. The molecule has 3 fully saturated rings. The molecule has 8 nitrogen and oxygen atoms in total. The van der Waals surface area contributed by atoms with Gasteiger partial charge in [-0.2, -0.15) is 0 Å². The summed E-state index contributed by atoms with van der Waals surface area (Å²) in [5.74, 6) is -2.21. The molecular formula is C18H23NO7. The molecule has 0 aromatic heterocycles. The number of ether oxygens (including phenoxy) is 5. The van der Waals surface area contributed by atoms with Gasteiger partial charge in [-0.3, -0.25) is 4.79 Å². The molecule has 3 heterocycles. The van der Waals surface area contributed by atoms with Crippen LogP contribution in [0, 0.1) is 0 Å². The molecule has 5 atom stereocenters. The zero-order valence-electron chi connectivity index (χ0n) is 15.1. The minimum absolute atomic E-state index is 0.0309. The van der Waals surface area contributed by atoms with E-state index >= 15 is 0 Å². The van der Waals surface area contributed by atoms with E-state index < -0.39 is 48.2 Å². The smallest absolute Gasteiger partial charge is 0.256 e. The van der Waals surface area contributed by atoms with Gasteiger partial charge in [0.1, 0.15) is 24.1 Å². The number of hydrogen-bond acceptors (Lipinski definition) is 7. The highest BCUT2D eigenvalue weighted by atomic mass is 16.9. The third-order valence-electron chi connectivity index (χ3n) is 4.57. The van der Waals surface area contributed by atoms with Crippen LogP contribution in [-0.2, 0) is 28.5 Å². The van der Waals surface area contributed by atoms with Crippen molar-refractivity contribution in [3.63, 3.8) is 0 Å². The second kappa shape index (κ2) is 5.90. The molecule has 0 radical (unpaired) electrons. The van der Waals surface area contributed by atoms with E-state index in [0.717, 1.165) is 0 Å². The van der Waals surface area contributed by atoms with Gasteiger partial charge in [0.05, 0.1) is 5.69 Å². The molecule has 0 unspecified atom stereocenters. The monoisotopic (exact) mass is 365 g/mol. The number of carbonyl (C=O) groups excluding carboxylic acids is 1. The van der Waals surface area contributed by atoms with Crippen molar-refractivity contribution in [3.05, 3.63) is 24.3 Å². The summed E-state index contributed by atoms with van der Waals surface area (Å²) in [6.07, 6.45) is -3.38. The first-order chi connectivity index (χ1) is 12.2. The molecule has 3 saturated heterocycles. The van der Waals surface area contributed by atoms with Gasteiger partial charge in [0, 0.05) is 0 Å². The topological polar surface area (TPSA) is 95.5 Å². The zero-order chi connectivity index (χ0) is 18.7. The molecule has 142 valence electrons. The number of phenols is 1. The van der Waals surface area contributed by atoms with E-state index in [4.69, 9.17) is 23.7 Å². The Labute approximate surface area is 151 Å². The van der Waals surface area contributed by atoms with Crippen LogP contribution in [0.3, 0.4) is 0 Å². The summed E-state index contributed by atoms with van der Waals surface area (Å²) in [4.78, 5) is 12.8. The Morgan fingerprint density at radius 3 is 2.31 bits per heavy atom. The average molecular weight is 365 g/mol. The lowest BCUT2D eigenvalue weighted by Crippen LogP contribution is -2.58. The Morgan fingerprint density at radius 2 is 1.58 bits per heavy atom. The van der Waals surface area contributed by atoms with Gasteiger partial charge < -0.3 is 34.1 Å². The van der Waals surface area contributed by atoms with Crippen LogP contribution in [0.25, 0.3) is 0 Å². The second-order valence-electron chi connectivity index (χ2n) is 7.60. The van der Waals surface area contributed by atoms with Gasteiger partial charge in [0.15, 0.2) is 24.0 Å². The summed E-state index contributed by atoms with van der Waals surface area (Å²) in [5.41, 5.74) is 0.293. The number of phenolic OH excluding ortho intramolecular Hbond substituents is 1. The van der Waals surface area contributed by atoms with Crippen molar-refractivity contribution >= 4 is 11.6 Å². The van der Waals surface area contributed by atoms with E-state index in [1.165, 1.54) is 6.07 Å². The van der Waals surface area contributed by atoms with E-state index in [1.807, 2.05) is 0 Å². The summed E-state index contributed by atoms with van der Waals surface area (Å²) in [7, 11) is 0. The Hall–Kier alpha value is -1.71. The van der Waals surface area contributed by atoms with Gasteiger partial charge >= 0.3 is 0 Å². The van der Waals surface area contributed by atoms with Crippen molar-refractivity contribution < 1.29 is 33.6 Å². The molecule has 8 heteroatoms. The largest absolute Gasteiger partial charge is 0.506 e. The van der Waals surface area contributed by atoms with Crippen molar-refractivity contribution in [2.24, 2.45) is 0 Å². The van der Waals surface area contributed by atoms with Gasteiger partial charge in [-0.1, -0.05) is 12.1 Å². The number of hydrogen-bond donors (Lipinski definition) is 2. The number of nitrogens with one attached hydrogen (secondary N) is 1. The Bertz CT molecular complexity index is 719. The number of benzene rings is 1. The van der Waals surface area contributed by atoms with Crippen LogP contribution in [0.15, 0.2) is 24.3 Å². The van der Waals surface area contributed by atoms with Crippen LogP contribution < -0.4 is 5.32 Å². The van der Waals surface area contributed by atoms with Crippen molar-refractivity contribution in [2.75, 3.05) is 5.32 Å². The fraction of sp³-hybridized carbons (Fsp3) is 0.611. The maximum absolute atomic E-state index is 12.8. The van der Waals surface area contributed by atoms with E-state index in [2.05, 4.69) is 5.32 Å². The van der Waals surface area contributed by atoms with E-state index in [9.17, 15) is 9.90 Å². The minimum Gasteiger partial charge on any atom is -0.506 e. The average Bonchev–Trinajstić information content (AvgIpc) is 3.02. The third-order valence-corrected chi connectivity index (χ3v) is 4.57. The summed E-state index contributed by atoms with van der Waals surface area (Å²) in [6.45, 7) is 7.11. The lowest BCUT2D eigenvalue weighted by atomic mass is 9.98. The number of anilines is 1. The highest BCUT2D eigenvalue weighted by Crippen LogP contribution is 2.44. The van der Waals surface area contributed by atoms with Crippen molar-refractivity contribution in [3.8, 4) is 5.75 Å². The Morgan fingerprint density at radius 1 is 0.962 bits per heavy atom. The molecule has 2 N–H and O–H groups in total. The summed E-state index contributed by atoms with van der Waals surface area (Å²) in [6, 6.07) is 6.48. The molecule has 3 aliphatic rings. The number of carbonyl (C=O) groups is 1. The normalized spacial score (nSPS) is 37.0. The summed E-state index contributed by atoms with van der Waals surface area (Å²) >= 11 is 0. The quantitative estimate of drug-likeness (QED) is 0.771. The molecule has 1 aromatic carbocycles. The van der Waals surface area contributed by atoms with Gasteiger partial charge in [-0.05, 0) is 39.8 Å². The first-order valence-electron chi connectivity index (χ1n) is 8.61. The van der Waals surface area contributed by atoms with Crippen LogP contribution in [0.1, 0.15) is 27.7 Å². The molecule has 0 aliphatic carbocycles. The number of aromatic hydroxyl groups is 1. The standard InChI is InChI=1S/C18H23NO7/c1-17(2)23-11-12(24-17)14-16(26-18(3,4)25-14)22-13(11)15(21)19-9-7-5-6-8-10(9)20/h5-8,11-14,16,20H,1-4H3,(H,19,21)/t11-,12-,13+,14-,16+/m1/s1. The van der Waals surface area contributed by atoms with Crippen molar-refractivity contribution in [1.29, 1.82) is 0 Å². The molecule has 0 spiro atoms. The van der Waals surface area contributed by atoms with Crippen LogP contribution in [0.5, 0.6) is 5.75 Å². The van der Waals surface area contributed by atoms with Crippen LogP contribution >= 0.6 is 0 Å². The summed E-state index contributed by atoms with van der Waals surface area (Å²) < 4.78 is 29.5. The first kappa shape index (κ1) is 17.7. The predicted molar refractivity (Wildman–Crippen MR) is 89.3 cm³/mol. The van der Waals surface area contributed by atoms with E-state index in [1.54, 1.807) is 45.9 Å². The molecule has 26 heavy (non-hydrogen) atoms. The lowest BCUT2D eigenvalue weighted by molar-refractivity contribution is -0.229. The van der Waals surface area contributed by atoms with Gasteiger partial charge in [-0.25, -0.2) is 0 Å². The maximum Gasteiger partial charge on any atom is 0.256 e. The van der Waals surface area contributed by atoms with Gasteiger partial charge in [-0.15, -0.1) is 0 Å². The van der Waals surface area contributed by atoms with Gasteiger partial charge in [0.2, 0.25) is 0 Å². The zero-order valence-corrected chi connectivity index (χ0v) is 15.1. The van der Waals surface area contributed by atoms with Gasteiger partial charge in [0.25, 0.3) is 5.91 Å². The molecule has 1 amide bonds. The van der Waals surface area contributed by atoms with E-state index in [0.29, 0.717) is 5.69 Å². The second-order valence-corrected chi connectivity index (χ2v) is 7.60. The number of rotatable bonds is 2. The summed E-state index contributed by atoms with van der Waals surface area (Å²) in [5, 5.41) is 12.6. The maximum atomic E-state index is 12.8. The highest BCUT2D eigenvalue weighted by molar-refractivity contribution is 5.96. The highest BCUT2D eigenvalue weighted by Gasteiger charge is 2.62. The Kier molecular flexibility index (Phi) is 4.01. The van der Waals surface area contributed by atoms with Crippen molar-refractivity contribution in [2.45, 2.75) is 70.0 Å². The molecule has 0 saturated carbocycles.